The summed E-state index contributed by atoms with van der Waals surface area (Å²) in [6.07, 6.45) is 4.89. The second-order valence-corrected chi connectivity index (χ2v) is 10.3. The average Bonchev–Trinajstić information content (AvgIpc) is 2.74. The smallest absolute Gasteiger partial charge is 0.243 e. The highest BCUT2D eigenvalue weighted by Crippen LogP contribution is 2.22. The predicted molar refractivity (Wildman–Crippen MR) is 125 cm³/mol. The summed E-state index contributed by atoms with van der Waals surface area (Å²) in [6.45, 7) is 7.02. The molecule has 1 aliphatic heterocycles. The van der Waals surface area contributed by atoms with Crippen LogP contribution in [0.15, 0.2) is 48.5 Å². The molecule has 0 aliphatic carbocycles. The Morgan fingerprint density at radius 3 is 2.26 bits per heavy atom. The van der Waals surface area contributed by atoms with Crippen LogP contribution in [-0.4, -0.2) is 44.6 Å². The van der Waals surface area contributed by atoms with E-state index in [4.69, 9.17) is 0 Å². The summed E-state index contributed by atoms with van der Waals surface area (Å²) in [5, 5.41) is 2.95. The van der Waals surface area contributed by atoms with E-state index < -0.39 is 16.1 Å². The lowest BCUT2D eigenvalue weighted by molar-refractivity contribution is -0.122. The van der Waals surface area contributed by atoms with Crippen LogP contribution in [0.4, 0.5) is 5.69 Å². The summed E-state index contributed by atoms with van der Waals surface area (Å²) < 4.78 is 26.1. The lowest BCUT2D eigenvalue weighted by Crippen LogP contribution is -2.47. The number of nitrogens with one attached hydrogen (secondary N) is 1. The first-order valence-corrected chi connectivity index (χ1v) is 12.7. The van der Waals surface area contributed by atoms with Crippen LogP contribution in [0.5, 0.6) is 0 Å². The molecule has 1 heterocycles. The Bertz CT molecular complexity index is 983. The molecule has 0 aromatic heterocycles. The van der Waals surface area contributed by atoms with Gasteiger partial charge in [-0.3, -0.25) is 14.0 Å². The number of carbonyl (C=O) groups is 1. The molecule has 1 N–H and O–H groups in total. The number of sulfonamides is 1. The molecule has 3 rings (SSSR count). The molecule has 0 spiro atoms. The number of aryl methyl sites for hydroxylation is 1. The molecule has 2 aromatic carbocycles. The topological polar surface area (TPSA) is 69.7 Å². The van der Waals surface area contributed by atoms with E-state index in [0.717, 1.165) is 37.0 Å². The zero-order valence-corrected chi connectivity index (χ0v) is 19.5. The fourth-order valence-electron chi connectivity index (χ4n) is 4.07. The second-order valence-electron chi connectivity index (χ2n) is 8.39. The minimum Gasteiger partial charge on any atom is -0.350 e. The van der Waals surface area contributed by atoms with Crippen LogP contribution >= 0.6 is 0 Å². The van der Waals surface area contributed by atoms with E-state index in [2.05, 4.69) is 16.3 Å². The fourth-order valence-corrected chi connectivity index (χ4v) is 5.25. The van der Waals surface area contributed by atoms with Gasteiger partial charge in [0, 0.05) is 13.1 Å². The molecule has 168 valence electrons. The lowest BCUT2D eigenvalue weighted by Gasteiger charge is -2.29. The summed E-state index contributed by atoms with van der Waals surface area (Å²) in [6, 6.07) is 14.4. The number of amides is 1. The maximum absolute atomic E-state index is 12.9. The molecular formula is C24H33N3O3S. The van der Waals surface area contributed by atoms with Crippen LogP contribution < -0.4 is 9.62 Å². The first-order valence-electron chi connectivity index (χ1n) is 10.9. The van der Waals surface area contributed by atoms with Gasteiger partial charge < -0.3 is 5.32 Å². The average molecular weight is 444 g/mol. The Labute approximate surface area is 186 Å². The van der Waals surface area contributed by atoms with E-state index in [-0.39, 0.29) is 5.91 Å². The van der Waals surface area contributed by atoms with Crippen molar-refractivity contribution in [3.63, 3.8) is 0 Å². The van der Waals surface area contributed by atoms with Crippen LogP contribution in [-0.2, 0) is 27.9 Å². The van der Waals surface area contributed by atoms with Crippen molar-refractivity contribution in [3.05, 3.63) is 65.2 Å². The van der Waals surface area contributed by atoms with Gasteiger partial charge in [0.2, 0.25) is 15.9 Å². The normalized spacial score (nSPS) is 16.0. The van der Waals surface area contributed by atoms with Gasteiger partial charge in [-0.05, 0) is 63.0 Å². The van der Waals surface area contributed by atoms with Gasteiger partial charge in [-0.15, -0.1) is 0 Å². The van der Waals surface area contributed by atoms with E-state index in [9.17, 15) is 13.2 Å². The largest absolute Gasteiger partial charge is 0.350 e. The third-order valence-electron chi connectivity index (χ3n) is 5.79. The van der Waals surface area contributed by atoms with E-state index in [1.54, 1.807) is 19.1 Å². The molecule has 7 heteroatoms. The van der Waals surface area contributed by atoms with Crippen molar-refractivity contribution < 1.29 is 13.2 Å². The van der Waals surface area contributed by atoms with Crippen LogP contribution in [0, 0.1) is 6.92 Å². The molecular weight excluding hydrogens is 410 g/mol. The number of piperidine rings is 1. The number of hydrogen-bond acceptors (Lipinski definition) is 4. The molecule has 0 unspecified atom stereocenters. The first-order chi connectivity index (χ1) is 14.8. The highest BCUT2D eigenvalue weighted by molar-refractivity contribution is 7.92. The number of anilines is 1. The zero-order valence-electron chi connectivity index (χ0n) is 18.7. The quantitative estimate of drug-likeness (QED) is 0.678. The van der Waals surface area contributed by atoms with Crippen LogP contribution in [0.2, 0.25) is 0 Å². The van der Waals surface area contributed by atoms with Crippen molar-refractivity contribution >= 4 is 21.6 Å². The standard InChI is InChI=1S/C24H33N3O3S/c1-19-11-13-23(14-12-19)27(31(3,29)30)20(2)24(28)25-17-21-9-5-6-10-22(21)18-26-15-7-4-8-16-26/h5-6,9-14,20H,4,7-8,15-18H2,1-3H3,(H,25,28)/t20-/m0/s1. The van der Waals surface area contributed by atoms with E-state index in [1.807, 2.05) is 37.3 Å². The molecule has 0 saturated carbocycles. The summed E-state index contributed by atoms with van der Waals surface area (Å²) in [4.78, 5) is 15.4. The summed E-state index contributed by atoms with van der Waals surface area (Å²) >= 11 is 0. The van der Waals surface area contributed by atoms with Gasteiger partial charge in [-0.25, -0.2) is 8.42 Å². The molecule has 31 heavy (non-hydrogen) atoms. The minimum atomic E-state index is -3.62. The zero-order chi connectivity index (χ0) is 22.4. The van der Waals surface area contributed by atoms with Crippen molar-refractivity contribution in [1.82, 2.24) is 10.2 Å². The fraction of sp³-hybridized carbons (Fsp3) is 0.458. The Hall–Kier alpha value is -2.38. The van der Waals surface area contributed by atoms with Crippen LogP contribution in [0.3, 0.4) is 0 Å². The second kappa shape index (κ2) is 10.3. The van der Waals surface area contributed by atoms with E-state index in [0.29, 0.717) is 12.2 Å². The Kier molecular flexibility index (Phi) is 7.73. The van der Waals surface area contributed by atoms with Crippen molar-refractivity contribution in [2.75, 3.05) is 23.7 Å². The molecule has 0 radical (unpaired) electrons. The Morgan fingerprint density at radius 1 is 1.03 bits per heavy atom. The minimum absolute atomic E-state index is 0.321. The van der Waals surface area contributed by atoms with Crippen LogP contribution in [0.1, 0.15) is 42.9 Å². The van der Waals surface area contributed by atoms with E-state index in [1.165, 1.54) is 29.1 Å². The molecule has 1 atom stereocenters. The van der Waals surface area contributed by atoms with Gasteiger partial charge in [-0.1, -0.05) is 48.4 Å². The third kappa shape index (κ3) is 6.31. The van der Waals surface area contributed by atoms with Crippen molar-refractivity contribution in [2.24, 2.45) is 0 Å². The third-order valence-corrected chi connectivity index (χ3v) is 7.03. The number of carbonyl (C=O) groups excluding carboxylic acids is 1. The van der Waals surface area contributed by atoms with Gasteiger partial charge in [0.05, 0.1) is 11.9 Å². The molecule has 1 amide bonds. The van der Waals surface area contributed by atoms with Crippen molar-refractivity contribution in [1.29, 1.82) is 0 Å². The number of rotatable bonds is 8. The van der Waals surface area contributed by atoms with Gasteiger partial charge in [0.15, 0.2) is 0 Å². The maximum atomic E-state index is 12.9. The Morgan fingerprint density at radius 2 is 1.65 bits per heavy atom. The van der Waals surface area contributed by atoms with E-state index >= 15 is 0 Å². The monoisotopic (exact) mass is 443 g/mol. The summed E-state index contributed by atoms with van der Waals surface area (Å²) in [5.41, 5.74) is 3.78. The highest BCUT2D eigenvalue weighted by Gasteiger charge is 2.29. The van der Waals surface area contributed by atoms with Crippen molar-refractivity contribution in [2.45, 2.75) is 52.2 Å². The number of nitrogens with zero attached hydrogens (tertiary/aromatic N) is 2. The van der Waals surface area contributed by atoms with Gasteiger partial charge in [-0.2, -0.15) is 0 Å². The number of benzene rings is 2. The molecule has 0 bridgehead atoms. The molecule has 1 fully saturated rings. The summed E-state index contributed by atoms with van der Waals surface area (Å²) in [7, 11) is -3.62. The lowest BCUT2D eigenvalue weighted by atomic mass is 10.0. The first kappa shape index (κ1) is 23.3. The van der Waals surface area contributed by atoms with Gasteiger partial charge in [0.25, 0.3) is 0 Å². The number of likely N-dealkylation sites (tertiary alicyclic amines) is 1. The summed E-state index contributed by atoms with van der Waals surface area (Å²) in [5.74, 6) is -0.321. The SMILES string of the molecule is Cc1ccc(N([C@@H](C)C(=O)NCc2ccccc2CN2CCCCC2)S(C)(=O)=O)cc1. The molecule has 6 nitrogen and oxygen atoms in total. The Balaban J connectivity index is 1.70. The van der Waals surface area contributed by atoms with Crippen molar-refractivity contribution in [3.8, 4) is 0 Å². The number of hydrogen-bond donors (Lipinski definition) is 1. The maximum Gasteiger partial charge on any atom is 0.243 e. The van der Waals surface area contributed by atoms with Gasteiger partial charge in [0.1, 0.15) is 6.04 Å². The molecule has 1 aliphatic rings. The molecule has 2 aromatic rings. The van der Waals surface area contributed by atoms with Crippen LogP contribution in [0.25, 0.3) is 0 Å². The molecule has 1 saturated heterocycles. The van der Waals surface area contributed by atoms with Gasteiger partial charge >= 0.3 is 0 Å². The predicted octanol–water partition coefficient (Wildman–Crippen LogP) is 3.45. The highest BCUT2D eigenvalue weighted by atomic mass is 32.2.